The molecule has 4 unspecified atom stereocenters. The number of ether oxygens (including phenoxy) is 2. The smallest absolute Gasteiger partial charge is 0.223 e. The van der Waals surface area contributed by atoms with Crippen LogP contribution in [0.3, 0.4) is 0 Å². The maximum atomic E-state index is 13.5. The number of fused-ring (bicyclic) bond motifs is 1. The van der Waals surface area contributed by atoms with Crippen molar-refractivity contribution < 1.29 is 13.9 Å². The van der Waals surface area contributed by atoms with Crippen LogP contribution < -0.4 is 10.6 Å². The summed E-state index contributed by atoms with van der Waals surface area (Å²) in [6, 6.07) is 14.0. The summed E-state index contributed by atoms with van der Waals surface area (Å²) in [6.45, 7) is 1.74. The Balaban J connectivity index is 1.23. The zero-order valence-electron chi connectivity index (χ0n) is 16.2. The van der Waals surface area contributed by atoms with Crippen LogP contribution in [0.4, 0.5) is 10.3 Å². The fraction of sp³-hybridized carbons (Fsp3) is 0.318. The number of hydrogen-bond donors (Lipinski definition) is 2. The molecule has 2 aliphatic heterocycles. The number of pyridine rings is 1. The van der Waals surface area contributed by atoms with Gasteiger partial charge in [-0.1, -0.05) is 18.2 Å². The summed E-state index contributed by atoms with van der Waals surface area (Å²) in [5.41, 5.74) is 2.35. The van der Waals surface area contributed by atoms with Crippen molar-refractivity contribution in [3.63, 3.8) is 0 Å². The summed E-state index contributed by atoms with van der Waals surface area (Å²) in [4.78, 5) is 13.2. The van der Waals surface area contributed by atoms with E-state index in [0.29, 0.717) is 37.0 Å². The third-order valence-corrected chi connectivity index (χ3v) is 5.42. The third-order valence-electron chi connectivity index (χ3n) is 5.42. The molecule has 2 N–H and O–H groups in total. The Bertz CT molecular complexity index is 1010. The Labute approximate surface area is 173 Å². The molecule has 4 heterocycles. The van der Waals surface area contributed by atoms with Crippen LogP contribution in [0.2, 0.25) is 0 Å². The van der Waals surface area contributed by atoms with Gasteiger partial charge in [-0.05, 0) is 30.3 Å². The van der Waals surface area contributed by atoms with E-state index in [1.165, 1.54) is 12.1 Å². The highest BCUT2D eigenvalue weighted by Gasteiger charge is 2.47. The summed E-state index contributed by atoms with van der Waals surface area (Å²) in [5, 5.41) is 6.81. The van der Waals surface area contributed by atoms with E-state index in [2.05, 4.69) is 25.6 Å². The van der Waals surface area contributed by atoms with Gasteiger partial charge < -0.3 is 20.1 Å². The molecule has 0 aliphatic carbocycles. The molecule has 0 bridgehead atoms. The lowest BCUT2D eigenvalue weighted by Crippen LogP contribution is -2.42. The second-order valence-electron chi connectivity index (χ2n) is 7.43. The van der Waals surface area contributed by atoms with Gasteiger partial charge in [-0.2, -0.15) is 0 Å². The van der Waals surface area contributed by atoms with Crippen LogP contribution in [-0.2, 0) is 16.0 Å². The lowest BCUT2D eigenvalue weighted by Gasteiger charge is -2.18. The van der Waals surface area contributed by atoms with E-state index in [1.807, 2.05) is 24.3 Å². The van der Waals surface area contributed by atoms with Crippen LogP contribution in [0.15, 0.2) is 60.9 Å². The fourth-order valence-corrected chi connectivity index (χ4v) is 3.94. The third kappa shape index (κ3) is 4.02. The van der Waals surface area contributed by atoms with E-state index in [0.717, 1.165) is 5.69 Å². The lowest BCUT2D eigenvalue weighted by atomic mass is 10.1. The van der Waals surface area contributed by atoms with Crippen LogP contribution in [0.5, 0.6) is 0 Å². The summed E-state index contributed by atoms with van der Waals surface area (Å²) < 4.78 is 25.6. The average molecular weight is 407 g/mol. The van der Waals surface area contributed by atoms with Crippen molar-refractivity contribution >= 4 is 5.95 Å². The zero-order valence-corrected chi connectivity index (χ0v) is 16.2. The molecule has 2 saturated heterocycles. The first-order valence-corrected chi connectivity index (χ1v) is 9.98. The molecule has 4 atom stereocenters. The van der Waals surface area contributed by atoms with E-state index < -0.39 is 0 Å². The highest BCUT2D eigenvalue weighted by Crippen LogP contribution is 2.29. The van der Waals surface area contributed by atoms with Gasteiger partial charge >= 0.3 is 0 Å². The standard InChI is InChI=1S/C22H22FN5O2/c23-15-5-3-4-14(10-15)17-7-9-25-22(27-17)28-19-13-30-20-18(12-29-21(19)20)26-11-16-6-1-2-8-24-16/h1-10,18-21,26H,11-13H2,(H,25,27,28). The molecule has 30 heavy (non-hydrogen) atoms. The number of anilines is 1. The molecule has 0 radical (unpaired) electrons. The maximum absolute atomic E-state index is 13.5. The number of nitrogens with one attached hydrogen (secondary N) is 2. The largest absolute Gasteiger partial charge is 0.371 e. The Kier molecular flexibility index (Phi) is 5.35. The van der Waals surface area contributed by atoms with Crippen LogP contribution in [0, 0.1) is 5.82 Å². The Morgan fingerprint density at radius 1 is 0.933 bits per heavy atom. The molecule has 2 fully saturated rings. The quantitative estimate of drug-likeness (QED) is 0.649. The molecule has 3 aromatic rings. The van der Waals surface area contributed by atoms with E-state index in [4.69, 9.17) is 9.47 Å². The molecular formula is C22H22FN5O2. The van der Waals surface area contributed by atoms with Gasteiger partial charge in [-0.3, -0.25) is 4.98 Å². The van der Waals surface area contributed by atoms with Crippen molar-refractivity contribution in [2.45, 2.75) is 30.8 Å². The van der Waals surface area contributed by atoms with Crippen LogP contribution in [0.25, 0.3) is 11.3 Å². The first kappa shape index (κ1) is 19.0. The molecule has 154 valence electrons. The Morgan fingerprint density at radius 2 is 1.80 bits per heavy atom. The highest BCUT2D eigenvalue weighted by molar-refractivity contribution is 5.60. The van der Waals surface area contributed by atoms with Gasteiger partial charge in [0.1, 0.15) is 18.0 Å². The Morgan fingerprint density at radius 3 is 2.63 bits per heavy atom. The van der Waals surface area contributed by atoms with Gasteiger partial charge in [0.15, 0.2) is 0 Å². The van der Waals surface area contributed by atoms with Gasteiger partial charge in [-0.15, -0.1) is 0 Å². The minimum atomic E-state index is -0.295. The monoisotopic (exact) mass is 407 g/mol. The Hall–Kier alpha value is -2.94. The van der Waals surface area contributed by atoms with E-state index in [1.54, 1.807) is 24.5 Å². The second-order valence-corrected chi connectivity index (χ2v) is 7.43. The fourth-order valence-electron chi connectivity index (χ4n) is 3.94. The van der Waals surface area contributed by atoms with Crippen molar-refractivity contribution in [1.82, 2.24) is 20.3 Å². The number of aromatic nitrogens is 3. The molecular weight excluding hydrogens is 385 g/mol. The molecule has 5 rings (SSSR count). The summed E-state index contributed by atoms with van der Waals surface area (Å²) >= 11 is 0. The average Bonchev–Trinajstić information content (AvgIpc) is 3.36. The number of nitrogens with zero attached hydrogens (tertiary/aromatic N) is 3. The van der Waals surface area contributed by atoms with Gasteiger partial charge in [0.25, 0.3) is 0 Å². The van der Waals surface area contributed by atoms with E-state index in [9.17, 15) is 4.39 Å². The van der Waals surface area contributed by atoms with E-state index in [-0.39, 0.29) is 30.1 Å². The molecule has 8 heteroatoms. The summed E-state index contributed by atoms with van der Waals surface area (Å²) in [5.74, 6) is 0.177. The molecule has 0 amide bonds. The predicted octanol–water partition coefficient (Wildman–Crippen LogP) is 2.41. The first-order valence-electron chi connectivity index (χ1n) is 9.98. The van der Waals surface area contributed by atoms with Crippen molar-refractivity contribution in [2.75, 3.05) is 18.5 Å². The van der Waals surface area contributed by atoms with Crippen molar-refractivity contribution in [1.29, 1.82) is 0 Å². The predicted molar refractivity (Wildman–Crippen MR) is 109 cm³/mol. The number of benzene rings is 1. The summed E-state index contributed by atoms with van der Waals surface area (Å²) in [6.07, 6.45) is 3.31. The molecule has 7 nitrogen and oxygen atoms in total. The van der Waals surface area contributed by atoms with Gasteiger partial charge in [0.2, 0.25) is 5.95 Å². The molecule has 1 aromatic carbocycles. The van der Waals surface area contributed by atoms with Gasteiger partial charge in [-0.25, -0.2) is 14.4 Å². The molecule has 0 saturated carbocycles. The molecule has 2 aromatic heterocycles. The van der Waals surface area contributed by atoms with Gasteiger partial charge in [0.05, 0.1) is 36.7 Å². The first-order chi connectivity index (χ1) is 14.8. The van der Waals surface area contributed by atoms with Crippen LogP contribution in [0.1, 0.15) is 5.69 Å². The number of hydrogen-bond acceptors (Lipinski definition) is 7. The van der Waals surface area contributed by atoms with Gasteiger partial charge in [0, 0.05) is 24.5 Å². The second kappa shape index (κ2) is 8.43. The molecule has 0 spiro atoms. The van der Waals surface area contributed by atoms with E-state index >= 15 is 0 Å². The number of rotatable bonds is 6. The summed E-state index contributed by atoms with van der Waals surface area (Å²) in [7, 11) is 0. The molecule has 2 aliphatic rings. The van der Waals surface area contributed by atoms with Crippen LogP contribution >= 0.6 is 0 Å². The van der Waals surface area contributed by atoms with Crippen LogP contribution in [-0.4, -0.2) is 52.5 Å². The minimum absolute atomic E-state index is 0.0439. The zero-order chi connectivity index (χ0) is 20.3. The lowest BCUT2D eigenvalue weighted by molar-refractivity contribution is 0.0674. The van der Waals surface area contributed by atoms with Crippen molar-refractivity contribution in [3.8, 4) is 11.3 Å². The topological polar surface area (TPSA) is 81.2 Å². The van der Waals surface area contributed by atoms with Crippen molar-refractivity contribution in [3.05, 3.63) is 72.4 Å². The minimum Gasteiger partial charge on any atom is -0.371 e. The maximum Gasteiger partial charge on any atom is 0.223 e. The number of halogens is 1. The van der Waals surface area contributed by atoms with Crippen molar-refractivity contribution in [2.24, 2.45) is 0 Å². The SMILES string of the molecule is Fc1cccc(-c2ccnc(NC3COC4C(NCc5ccccn5)COC34)n2)c1. The normalized spacial score (nSPS) is 25.2. The highest BCUT2D eigenvalue weighted by atomic mass is 19.1.